The summed E-state index contributed by atoms with van der Waals surface area (Å²) in [7, 11) is -2.12. The largest absolute Gasteiger partial charge is 0.394 e. The molecule has 0 radical (unpaired) electrons. The van der Waals surface area contributed by atoms with Crippen LogP contribution in [0, 0.1) is 0 Å². The Labute approximate surface area is 151 Å². The molecule has 1 fully saturated rings. The van der Waals surface area contributed by atoms with Crippen molar-refractivity contribution in [3.63, 3.8) is 0 Å². The van der Waals surface area contributed by atoms with E-state index in [-0.39, 0.29) is 16.1 Å². The number of aliphatic hydroxyl groups is 3. The van der Waals surface area contributed by atoms with Crippen molar-refractivity contribution in [2.24, 2.45) is 0 Å². The second-order valence-electron chi connectivity index (χ2n) is 8.34. The molecule has 0 aromatic carbocycles. The molecule has 144 valence electrons. The van der Waals surface area contributed by atoms with Crippen LogP contribution in [0.5, 0.6) is 0 Å². The summed E-state index contributed by atoms with van der Waals surface area (Å²) in [6, 6.07) is 0. The lowest BCUT2D eigenvalue weighted by atomic mass is 10.1. The van der Waals surface area contributed by atoms with Crippen LogP contribution in [0.1, 0.15) is 27.0 Å². The monoisotopic (exact) mass is 382 g/mol. The first kappa shape index (κ1) is 19.2. The van der Waals surface area contributed by atoms with E-state index in [0.29, 0.717) is 11.1 Å². The number of hydrogen-bond donors (Lipinski definition) is 4. The van der Waals surface area contributed by atoms with Crippen molar-refractivity contribution in [3.05, 3.63) is 16.7 Å². The molecule has 2 unspecified atom stereocenters. The second kappa shape index (κ2) is 6.24. The number of rotatable bonds is 3. The van der Waals surface area contributed by atoms with E-state index >= 15 is 0 Å². The summed E-state index contributed by atoms with van der Waals surface area (Å²) >= 11 is 0. The highest BCUT2D eigenvalue weighted by molar-refractivity contribution is 6.91. The average molecular weight is 382 g/mol. The Balaban J connectivity index is 2.14. The second-order valence-corrected chi connectivity index (χ2v) is 13.6. The molecule has 9 nitrogen and oxygen atoms in total. The van der Waals surface area contributed by atoms with Crippen LogP contribution >= 0.6 is 0 Å². The Kier molecular flexibility index (Phi) is 4.60. The van der Waals surface area contributed by atoms with Gasteiger partial charge in [-0.1, -0.05) is 33.9 Å². The molecule has 10 heteroatoms. The molecule has 0 saturated carbocycles. The van der Waals surface area contributed by atoms with Crippen molar-refractivity contribution in [2.45, 2.75) is 63.4 Å². The first-order valence-corrected chi connectivity index (χ1v) is 11.6. The fourth-order valence-electron chi connectivity index (χ4n) is 2.87. The van der Waals surface area contributed by atoms with E-state index < -0.39 is 39.2 Å². The third-order valence-corrected chi connectivity index (χ3v) is 10.9. The number of aliphatic hydroxyl groups excluding tert-OH is 3. The zero-order valence-corrected chi connectivity index (χ0v) is 16.6. The number of imidazole rings is 1. The highest BCUT2D eigenvalue weighted by Gasteiger charge is 2.44. The maximum Gasteiger partial charge on any atom is 0.278 e. The van der Waals surface area contributed by atoms with Crippen LogP contribution in [0.25, 0.3) is 11.2 Å². The summed E-state index contributed by atoms with van der Waals surface area (Å²) in [6.45, 7) is 10.2. The van der Waals surface area contributed by atoms with Gasteiger partial charge in [-0.3, -0.25) is 9.36 Å². The van der Waals surface area contributed by atoms with Crippen LogP contribution in [0.3, 0.4) is 0 Å². The maximum absolute atomic E-state index is 12.5. The fourth-order valence-corrected chi connectivity index (χ4v) is 4.40. The third kappa shape index (κ3) is 2.81. The van der Waals surface area contributed by atoms with Gasteiger partial charge in [-0.2, -0.15) is 0 Å². The minimum absolute atomic E-state index is 0.0387. The number of nitrogens with one attached hydrogen (secondary N) is 1. The summed E-state index contributed by atoms with van der Waals surface area (Å²) in [5, 5.41) is 29.5. The summed E-state index contributed by atoms with van der Waals surface area (Å²) in [5.41, 5.74) is 0.727. The number of nitrogens with zero attached hydrogens (tertiary/aromatic N) is 3. The van der Waals surface area contributed by atoms with Crippen molar-refractivity contribution in [3.8, 4) is 0 Å². The summed E-state index contributed by atoms with van der Waals surface area (Å²) in [4.78, 5) is 24.1. The first-order chi connectivity index (χ1) is 12.0. The molecule has 3 rings (SSSR count). The Hall–Kier alpha value is -1.59. The minimum atomic E-state index is -2.12. The number of fused-ring (bicyclic) bond motifs is 1. The van der Waals surface area contributed by atoms with Crippen molar-refractivity contribution in [1.82, 2.24) is 19.5 Å². The Bertz CT molecular complexity index is 872. The van der Waals surface area contributed by atoms with Crippen LogP contribution in [-0.2, 0) is 4.74 Å². The molecule has 2 aromatic heterocycles. The van der Waals surface area contributed by atoms with Crippen LogP contribution in [0.2, 0.25) is 18.1 Å². The van der Waals surface area contributed by atoms with E-state index in [9.17, 15) is 20.1 Å². The van der Waals surface area contributed by atoms with Gasteiger partial charge < -0.3 is 25.0 Å². The van der Waals surface area contributed by atoms with Crippen LogP contribution in [-0.4, -0.2) is 67.8 Å². The van der Waals surface area contributed by atoms with E-state index in [1.54, 1.807) is 0 Å². The molecule has 1 aliphatic rings. The van der Waals surface area contributed by atoms with Gasteiger partial charge in [0.15, 0.2) is 17.4 Å². The topological polar surface area (TPSA) is 133 Å². The van der Waals surface area contributed by atoms with Crippen molar-refractivity contribution in [1.29, 1.82) is 0 Å². The highest BCUT2D eigenvalue weighted by atomic mass is 28.3. The molecule has 4 atom stereocenters. The van der Waals surface area contributed by atoms with Gasteiger partial charge in [0.05, 0.1) is 18.4 Å². The number of aromatic amines is 1. The van der Waals surface area contributed by atoms with Gasteiger partial charge in [0, 0.05) is 0 Å². The van der Waals surface area contributed by atoms with Crippen LogP contribution in [0.15, 0.2) is 11.1 Å². The Morgan fingerprint density at radius 2 is 1.96 bits per heavy atom. The van der Waals surface area contributed by atoms with E-state index in [0.717, 1.165) is 0 Å². The number of ether oxygens (including phenoxy) is 1. The zero-order valence-electron chi connectivity index (χ0n) is 15.6. The van der Waals surface area contributed by atoms with E-state index in [1.807, 2.05) is 0 Å². The summed E-state index contributed by atoms with van der Waals surface area (Å²) in [5.74, 6) is 0. The lowest BCUT2D eigenvalue weighted by Crippen LogP contribution is -2.54. The molecule has 2 aromatic rings. The molecule has 1 saturated heterocycles. The lowest BCUT2D eigenvalue weighted by molar-refractivity contribution is -0.0511. The first-order valence-electron chi connectivity index (χ1n) is 8.59. The maximum atomic E-state index is 12.5. The van der Waals surface area contributed by atoms with Crippen molar-refractivity contribution < 1.29 is 20.1 Å². The van der Waals surface area contributed by atoms with Crippen LogP contribution < -0.4 is 11.0 Å². The van der Waals surface area contributed by atoms with Gasteiger partial charge in [0.2, 0.25) is 0 Å². The van der Waals surface area contributed by atoms with Crippen LogP contribution in [0.4, 0.5) is 0 Å². The molecule has 0 aliphatic carbocycles. The van der Waals surface area contributed by atoms with Gasteiger partial charge in [-0.15, -0.1) is 0 Å². The number of hydrogen-bond acceptors (Lipinski definition) is 7. The normalized spacial score (nSPS) is 27.4. The Morgan fingerprint density at radius 3 is 2.50 bits per heavy atom. The predicted molar refractivity (Wildman–Crippen MR) is 98.0 cm³/mol. The Morgan fingerprint density at radius 1 is 1.31 bits per heavy atom. The molecule has 0 spiro atoms. The van der Waals surface area contributed by atoms with Crippen molar-refractivity contribution in [2.75, 3.05) is 6.61 Å². The van der Waals surface area contributed by atoms with Gasteiger partial charge in [-0.05, 0) is 5.04 Å². The molecule has 4 N–H and O–H groups in total. The molecular formula is C16H26N4O5Si. The standard InChI is InChI=1S/C16H26N4O5Si/c1-16(2,3)26(4,5)15-18-12-9(13(24)19-15)17-7-20(12)14-11(23)10(22)8(6-21)25-14/h7-8,10-11,14,21-23H,6H2,1-5H3,(H,18,19,24)/t8-,10?,11?,14-/m1/s1. The van der Waals surface area contributed by atoms with E-state index in [4.69, 9.17) is 4.74 Å². The van der Waals surface area contributed by atoms with Gasteiger partial charge in [0.1, 0.15) is 26.4 Å². The third-order valence-electron chi connectivity index (χ3n) is 5.69. The van der Waals surface area contributed by atoms with E-state index in [1.165, 1.54) is 10.9 Å². The highest BCUT2D eigenvalue weighted by Crippen LogP contribution is 2.35. The summed E-state index contributed by atoms with van der Waals surface area (Å²) in [6.07, 6.45) is -3.02. The number of aromatic nitrogens is 4. The predicted octanol–water partition coefficient (Wildman–Crippen LogP) is -0.553. The number of H-pyrrole nitrogens is 1. The SMILES string of the molecule is CC(C)(C)[Si](C)(C)c1nc2c(ncn2[C@@H]2O[C@H](CO)C(O)C2O)c(=O)[nH]1. The molecule has 0 bridgehead atoms. The van der Waals surface area contributed by atoms with E-state index in [2.05, 4.69) is 48.8 Å². The minimum Gasteiger partial charge on any atom is -0.394 e. The van der Waals surface area contributed by atoms with Gasteiger partial charge >= 0.3 is 0 Å². The summed E-state index contributed by atoms with van der Waals surface area (Å²) < 4.78 is 7.00. The lowest BCUT2D eigenvalue weighted by Gasteiger charge is -2.35. The quantitative estimate of drug-likeness (QED) is 0.523. The van der Waals surface area contributed by atoms with Gasteiger partial charge in [0.25, 0.3) is 5.56 Å². The molecule has 1 aliphatic heterocycles. The average Bonchev–Trinajstić information content (AvgIpc) is 3.09. The van der Waals surface area contributed by atoms with Gasteiger partial charge in [-0.25, -0.2) is 9.97 Å². The van der Waals surface area contributed by atoms with Crippen molar-refractivity contribution >= 4 is 24.7 Å². The molecule has 26 heavy (non-hydrogen) atoms. The molecule has 0 amide bonds. The smallest absolute Gasteiger partial charge is 0.278 e. The zero-order chi connectivity index (χ0) is 19.4. The molecular weight excluding hydrogens is 356 g/mol. The molecule has 3 heterocycles. The fraction of sp³-hybridized carbons (Fsp3) is 0.688.